The van der Waals surface area contributed by atoms with Gasteiger partial charge < -0.3 is 15.4 Å². The molecule has 0 unspecified atom stereocenters. The minimum absolute atomic E-state index is 0.0242. The number of carbonyl (C=O) groups excluding carboxylic acids is 1. The molecule has 0 radical (unpaired) electrons. The van der Waals surface area contributed by atoms with Gasteiger partial charge in [-0.05, 0) is 6.92 Å². The maximum Gasteiger partial charge on any atom is 0.271 e. The number of ether oxygens (including phenoxy) is 1. The van der Waals surface area contributed by atoms with Crippen molar-refractivity contribution in [3.63, 3.8) is 0 Å². The molecule has 0 aromatic carbocycles. The van der Waals surface area contributed by atoms with Gasteiger partial charge in [0.1, 0.15) is 18.1 Å². The second-order valence-electron chi connectivity index (χ2n) is 3.54. The van der Waals surface area contributed by atoms with Crippen LogP contribution in [0.3, 0.4) is 0 Å². The number of amides is 1. The molecular weight excluding hydrogens is 258 g/mol. The molecule has 1 heterocycles. The van der Waals surface area contributed by atoms with Gasteiger partial charge in [0, 0.05) is 13.1 Å². The number of anilines is 1. The number of nitrogens with zero attached hydrogens (tertiary/aromatic N) is 2. The first kappa shape index (κ1) is 15.2. The smallest absolute Gasteiger partial charge is 0.271 e. The second kappa shape index (κ2) is 8.30. The first-order valence-electron chi connectivity index (χ1n) is 5.83. The fraction of sp³-hybridized carbons (Fsp3) is 0.545. The molecule has 106 valence electrons. The van der Waals surface area contributed by atoms with E-state index in [1.807, 2.05) is 6.92 Å². The van der Waals surface area contributed by atoms with Crippen LogP contribution < -0.4 is 10.6 Å². The van der Waals surface area contributed by atoms with Gasteiger partial charge in [0.15, 0.2) is 0 Å². The lowest BCUT2D eigenvalue weighted by atomic mass is 10.4. The van der Waals surface area contributed by atoms with E-state index in [0.29, 0.717) is 12.4 Å². The minimum atomic E-state index is -2.50. The Morgan fingerprint density at radius 1 is 1.47 bits per heavy atom. The number of hydrogen-bond acceptors (Lipinski definition) is 5. The Labute approximate surface area is 109 Å². The third-order valence-electron chi connectivity index (χ3n) is 2.00. The van der Waals surface area contributed by atoms with Crippen LogP contribution >= 0.6 is 0 Å². The largest absolute Gasteiger partial charge is 0.374 e. The Bertz CT molecular complexity index is 404. The minimum Gasteiger partial charge on any atom is -0.374 e. The van der Waals surface area contributed by atoms with Gasteiger partial charge in [0.2, 0.25) is 0 Å². The lowest BCUT2D eigenvalue weighted by Gasteiger charge is -2.07. The van der Waals surface area contributed by atoms with E-state index in [0.717, 1.165) is 0 Å². The van der Waals surface area contributed by atoms with E-state index in [1.54, 1.807) is 0 Å². The zero-order chi connectivity index (χ0) is 14.1. The molecule has 1 amide bonds. The zero-order valence-corrected chi connectivity index (χ0v) is 10.5. The van der Waals surface area contributed by atoms with Crippen LogP contribution in [0.1, 0.15) is 17.4 Å². The van der Waals surface area contributed by atoms with Crippen molar-refractivity contribution in [2.24, 2.45) is 0 Å². The summed E-state index contributed by atoms with van der Waals surface area (Å²) in [5, 5.41) is 5.43. The van der Waals surface area contributed by atoms with Gasteiger partial charge in [-0.15, -0.1) is 0 Å². The third-order valence-corrected chi connectivity index (χ3v) is 2.00. The zero-order valence-electron chi connectivity index (χ0n) is 10.5. The van der Waals surface area contributed by atoms with Crippen molar-refractivity contribution in [3.8, 4) is 0 Å². The van der Waals surface area contributed by atoms with Crippen LogP contribution in [0.2, 0.25) is 0 Å². The van der Waals surface area contributed by atoms with Gasteiger partial charge in [-0.3, -0.25) is 9.78 Å². The molecule has 0 bridgehead atoms. The fourth-order valence-electron chi connectivity index (χ4n) is 1.24. The molecule has 8 heteroatoms. The molecule has 0 spiro atoms. The maximum atomic E-state index is 11.8. The molecule has 0 saturated heterocycles. The van der Waals surface area contributed by atoms with Crippen molar-refractivity contribution in [2.45, 2.75) is 13.3 Å². The highest BCUT2D eigenvalue weighted by atomic mass is 19.3. The number of hydrogen-bond donors (Lipinski definition) is 2. The van der Waals surface area contributed by atoms with Crippen LogP contribution in [-0.2, 0) is 4.74 Å². The average molecular weight is 274 g/mol. The number of halogens is 2. The first-order chi connectivity index (χ1) is 9.13. The summed E-state index contributed by atoms with van der Waals surface area (Å²) in [5.74, 6) is 0.0806. The lowest BCUT2D eigenvalue weighted by Crippen LogP contribution is -2.28. The first-order valence-corrected chi connectivity index (χ1v) is 5.83. The predicted octanol–water partition coefficient (Wildman–Crippen LogP) is 0.920. The van der Waals surface area contributed by atoms with Crippen molar-refractivity contribution in [1.29, 1.82) is 0 Å². The summed E-state index contributed by atoms with van der Waals surface area (Å²) in [7, 11) is 0. The molecule has 0 saturated carbocycles. The molecule has 1 aromatic rings. The second-order valence-corrected chi connectivity index (χ2v) is 3.54. The summed E-state index contributed by atoms with van der Waals surface area (Å²) in [6.45, 7) is 2.09. The molecule has 0 atom stereocenters. The van der Waals surface area contributed by atoms with Crippen LogP contribution in [0.5, 0.6) is 0 Å². The van der Waals surface area contributed by atoms with Gasteiger partial charge >= 0.3 is 0 Å². The third kappa shape index (κ3) is 6.05. The predicted molar refractivity (Wildman–Crippen MR) is 65.4 cm³/mol. The van der Waals surface area contributed by atoms with Gasteiger partial charge in [0.05, 0.1) is 19.0 Å². The Morgan fingerprint density at radius 2 is 2.26 bits per heavy atom. The summed E-state index contributed by atoms with van der Waals surface area (Å²) in [6.07, 6.45) is 0.334. The monoisotopic (exact) mass is 274 g/mol. The van der Waals surface area contributed by atoms with Gasteiger partial charge in [-0.2, -0.15) is 0 Å². The average Bonchev–Trinajstić information content (AvgIpc) is 2.38. The SMILES string of the molecule is CCNc1cncc(C(=O)NCCOCC(F)F)n1. The highest BCUT2D eigenvalue weighted by molar-refractivity contribution is 5.92. The molecule has 0 aliphatic carbocycles. The van der Waals surface area contributed by atoms with Crippen molar-refractivity contribution in [2.75, 3.05) is 31.6 Å². The highest BCUT2D eigenvalue weighted by Gasteiger charge is 2.08. The van der Waals surface area contributed by atoms with Crippen molar-refractivity contribution in [1.82, 2.24) is 15.3 Å². The van der Waals surface area contributed by atoms with Crippen molar-refractivity contribution in [3.05, 3.63) is 18.1 Å². The Hall–Kier alpha value is -1.83. The quantitative estimate of drug-likeness (QED) is 0.689. The highest BCUT2D eigenvalue weighted by Crippen LogP contribution is 2.01. The molecule has 19 heavy (non-hydrogen) atoms. The maximum absolute atomic E-state index is 11.8. The Morgan fingerprint density at radius 3 is 2.95 bits per heavy atom. The van der Waals surface area contributed by atoms with Crippen molar-refractivity contribution >= 4 is 11.7 Å². The summed E-state index contributed by atoms with van der Waals surface area (Å²) < 4.78 is 28.2. The van der Waals surface area contributed by atoms with Crippen LogP contribution in [0, 0.1) is 0 Å². The lowest BCUT2D eigenvalue weighted by molar-refractivity contribution is 0.0188. The van der Waals surface area contributed by atoms with Crippen LogP contribution in [0.15, 0.2) is 12.4 Å². The number of carbonyl (C=O) groups is 1. The normalized spacial score (nSPS) is 10.5. The fourth-order valence-corrected chi connectivity index (χ4v) is 1.24. The van der Waals surface area contributed by atoms with Gasteiger partial charge in [-0.1, -0.05) is 0 Å². The van der Waals surface area contributed by atoms with Gasteiger partial charge in [-0.25, -0.2) is 13.8 Å². The number of aromatic nitrogens is 2. The topological polar surface area (TPSA) is 76.1 Å². The number of rotatable bonds is 8. The van der Waals surface area contributed by atoms with E-state index < -0.39 is 18.9 Å². The summed E-state index contributed by atoms with van der Waals surface area (Å²) in [4.78, 5) is 19.6. The molecule has 0 aliphatic heterocycles. The molecule has 2 N–H and O–H groups in total. The number of alkyl halides is 2. The van der Waals surface area contributed by atoms with E-state index in [1.165, 1.54) is 12.4 Å². The van der Waals surface area contributed by atoms with E-state index in [2.05, 4.69) is 25.3 Å². The van der Waals surface area contributed by atoms with E-state index in [9.17, 15) is 13.6 Å². The molecule has 0 aliphatic rings. The molecule has 1 aromatic heterocycles. The molecule has 6 nitrogen and oxygen atoms in total. The van der Waals surface area contributed by atoms with E-state index in [4.69, 9.17) is 0 Å². The Kier molecular flexibility index (Phi) is 6.65. The molecule has 1 rings (SSSR count). The van der Waals surface area contributed by atoms with Gasteiger partial charge in [0.25, 0.3) is 12.3 Å². The number of nitrogens with one attached hydrogen (secondary N) is 2. The standard InChI is InChI=1S/C11H16F2N4O2/c1-2-15-10-6-14-5-8(17-10)11(18)16-3-4-19-7-9(12)13/h5-6,9H,2-4,7H2,1H3,(H,15,17)(H,16,18). The van der Waals surface area contributed by atoms with Crippen LogP contribution in [-0.4, -0.2) is 48.6 Å². The summed E-state index contributed by atoms with van der Waals surface area (Å²) in [5.41, 5.74) is 0.160. The summed E-state index contributed by atoms with van der Waals surface area (Å²) >= 11 is 0. The van der Waals surface area contributed by atoms with Crippen molar-refractivity contribution < 1.29 is 18.3 Å². The Balaban J connectivity index is 2.34. The molecule has 0 fully saturated rings. The summed E-state index contributed by atoms with van der Waals surface area (Å²) in [6, 6.07) is 0. The van der Waals surface area contributed by atoms with E-state index in [-0.39, 0.29) is 18.8 Å². The molecular formula is C11H16F2N4O2. The van der Waals surface area contributed by atoms with Crippen LogP contribution in [0.25, 0.3) is 0 Å². The van der Waals surface area contributed by atoms with E-state index >= 15 is 0 Å². The van der Waals surface area contributed by atoms with Crippen LogP contribution in [0.4, 0.5) is 14.6 Å².